The van der Waals surface area contributed by atoms with Crippen LogP contribution in [0.4, 0.5) is 17.1 Å². The molecule has 0 bridgehead atoms. The Hall–Kier alpha value is -7.16. The van der Waals surface area contributed by atoms with Crippen molar-refractivity contribution in [2.75, 3.05) is 4.90 Å². The van der Waals surface area contributed by atoms with Gasteiger partial charge in [0.2, 0.25) is 0 Å². The zero-order valence-corrected chi connectivity index (χ0v) is 30.8. The van der Waals surface area contributed by atoms with Crippen LogP contribution >= 0.6 is 0 Å². The number of rotatable bonds is 6. The number of hydrogen-bond donors (Lipinski definition) is 0. The lowest BCUT2D eigenvalue weighted by Gasteiger charge is -2.27. The number of benzene rings is 9. The first-order valence-corrected chi connectivity index (χ1v) is 19.5. The zero-order chi connectivity index (χ0) is 37.0. The van der Waals surface area contributed by atoms with E-state index in [-0.39, 0.29) is 0 Å². The molecule has 0 spiro atoms. The standard InChI is InChI=1S/C54H37NO/c1-3-13-36(14-4-1)37-23-27-40(28-24-37)55(42-31-32-47-45-19-8-7-17-43(45)44-18-9-10-20-46(44)51(47)33-42)41-29-25-39(26-30-41)50-35-54-52(48-21-11-12-22-53(48)56-54)34-49(50)38-15-5-2-6-16-38/h1-11,13-21,23-35H,12,22H2. The molecule has 56 heavy (non-hydrogen) atoms. The van der Waals surface area contributed by atoms with Crippen LogP contribution in [0.1, 0.15) is 17.7 Å². The average Bonchev–Trinajstić information content (AvgIpc) is 3.65. The van der Waals surface area contributed by atoms with Gasteiger partial charge in [-0.05, 0) is 121 Å². The van der Waals surface area contributed by atoms with E-state index in [1.807, 2.05) is 0 Å². The summed E-state index contributed by atoms with van der Waals surface area (Å²) in [6.45, 7) is 0. The Kier molecular flexibility index (Phi) is 7.67. The molecule has 0 aliphatic heterocycles. The normalized spacial score (nSPS) is 12.4. The van der Waals surface area contributed by atoms with Crippen molar-refractivity contribution >= 4 is 66.4 Å². The summed E-state index contributed by atoms with van der Waals surface area (Å²) < 4.78 is 6.50. The molecule has 0 atom stereocenters. The largest absolute Gasteiger partial charge is 0.460 e. The Balaban J connectivity index is 1.08. The third kappa shape index (κ3) is 5.41. The molecule has 264 valence electrons. The molecule has 1 aliphatic carbocycles. The highest BCUT2D eigenvalue weighted by Crippen LogP contribution is 2.44. The van der Waals surface area contributed by atoms with Crippen molar-refractivity contribution in [3.63, 3.8) is 0 Å². The van der Waals surface area contributed by atoms with Crippen molar-refractivity contribution in [1.29, 1.82) is 0 Å². The second-order valence-electron chi connectivity index (χ2n) is 14.8. The first-order valence-electron chi connectivity index (χ1n) is 19.5. The SMILES string of the molecule is C1=Cc2c(oc3cc(-c4ccc(N(c5ccc(-c6ccccc6)cc5)c5ccc6c7ccccc7c7ccccc7c6c5)cc4)c(-c4ccccc4)cc23)CC1. The van der Waals surface area contributed by atoms with Gasteiger partial charge in [-0.1, -0.05) is 152 Å². The molecule has 1 heterocycles. The van der Waals surface area contributed by atoms with Crippen LogP contribution in [0.15, 0.2) is 199 Å². The molecule has 1 aliphatic rings. The molecule has 0 fully saturated rings. The molecule has 2 heteroatoms. The lowest BCUT2D eigenvalue weighted by molar-refractivity contribution is 0.546. The Morgan fingerprint density at radius 2 is 0.857 bits per heavy atom. The fourth-order valence-electron chi connectivity index (χ4n) is 8.80. The van der Waals surface area contributed by atoms with Gasteiger partial charge in [-0.15, -0.1) is 0 Å². The number of fused-ring (bicyclic) bond motifs is 9. The maximum Gasteiger partial charge on any atom is 0.135 e. The first-order chi connectivity index (χ1) is 27.8. The average molecular weight is 716 g/mol. The summed E-state index contributed by atoms with van der Waals surface area (Å²) in [7, 11) is 0. The minimum Gasteiger partial charge on any atom is -0.460 e. The summed E-state index contributed by atoms with van der Waals surface area (Å²) in [6, 6.07) is 68.4. The van der Waals surface area contributed by atoms with Crippen LogP contribution in [0.3, 0.4) is 0 Å². The van der Waals surface area contributed by atoms with Gasteiger partial charge in [-0.25, -0.2) is 0 Å². The Labute approximate surface area is 326 Å². The van der Waals surface area contributed by atoms with Crippen molar-refractivity contribution in [3.8, 4) is 33.4 Å². The van der Waals surface area contributed by atoms with Crippen molar-refractivity contribution in [2.24, 2.45) is 0 Å². The molecule has 9 aromatic carbocycles. The lowest BCUT2D eigenvalue weighted by atomic mass is 9.91. The predicted octanol–water partition coefficient (Wildman–Crippen LogP) is 15.3. The van der Waals surface area contributed by atoms with E-state index in [1.165, 1.54) is 65.5 Å². The molecule has 11 rings (SSSR count). The van der Waals surface area contributed by atoms with E-state index >= 15 is 0 Å². The maximum absolute atomic E-state index is 6.50. The summed E-state index contributed by atoms with van der Waals surface area (Å²) >= 11 is 0. The molecule has 0 N–H and O–H groups in total. The van der Waals surface area contributed by atoms with Crippen molar-refractivity contribution in [2.45, 2.75) is 12.8 Å². The van der Waals surface area contributed by atoms with Crippen LogP contribution in [0.25, 0.3) is 82.7 Å². The van der Waals surface area contributed by atoms with E-state index in [0.717, 1.165) is 52.4 Å². The quantitative estimate of drug-likeness (QED) is 0.159. The molecule has 0 saturated carbocycles. The first kappa shape index (κ1) is 32.3. The Bertz CT molecular complexity index is 3070. The number of furan rings is 1. The third-order valence-corrected chi connectivity index (χ3v) is 11.5. The molecular weight excluding hydrogens is 679 g/mol. The predicted molar refractivity (Wildman–Crippen MR) is 237 cm³/mol. The molecule has 0 amide bonds. The van der Waals surface area contributed by atoms with Crippen LogP contribution in [-0.2, 0) is 6.42 Å². The third-order valence-electron chi connectivity index (χ3n) is 11.5. The fraction of sp³-hybridized carbons (Fsp3) is 0.0370. The second kappa shape index (κ2) is 13.3. The molecule has 1 aromatic heterocycles. The van der Waals surface area contributed by atoms with E-state index in [9.17, 15) is 0 Å². The van der Waals surface area contributed by atoms with Crippen molar-refractivity contribution in [3.05, 3.63) is 205 Å². The van der Waals surface area contributed by atoms with E-state index in [0.29, 0.717) is 0 Å². The van der Waals surface area contributed by atoms with Gasteiger partial charge in [0, 0.05) is 34.4 Å². The minimum atomic E-state index is 0.939. The monoisotopic (exact) mass is 715 g/mol. The molecule has 10 aromatic rings. The van der Waals surface area contributed by atoms with Gasteiger partial charge in [-0.2, -0.15) is 0 Å². The lowest BCUT2D eigenvalue weighted by Crippen LogP contribution is -2.10. The Morgan fingerprint density at radius 1 is 0.375 bits per heavy atom. The van der Waals surface area contributed by atoms with Crippen molar-refractivity contribution < 1.29 is 4.42 Å². The zero-order valence-electron chi connectivity index (χ0n) is 30.8. The Morgan fingerprint density at radius 3 is 1.50 bits per heavy atom. The van der Waals surface area contributed by atoms with Crippen LogP contribution in [0.2, 0.25) is 0 Å². The minimum absolute atomic E-state index is 0.939. The van der Waals surface area contributed by atoms with Crippen LogP contribution < -0.4 is 4.90 Å². The fourth-order valence-corrected chi connectivity index (χ4v) is 8.80. The van der Waals surface area contributed by atoms with Crippen LogP contribution in [0.5, 0.6) is 0 Å². The maximum atomic E-state index is 6.50. The van der Waals surface area contributed by atoms with Crippen LogP contribution in [0, 0.1) is 0 Å². The van der Waals surface area contributed by atoms with Gasteiger partial charge in [0.05, 0.1) is 0 Å². The molecule has 0 radical (unpaired) electrons. The number of hydrogen-bond acceptors (Lipinski definition) is 2. The van der Waals surface area contributed by atoms with E-state index in [4.69, 9.17) is 4.42 Å². The number of allylic oxidation sites excluding steroid dienone is 1. The molecule has 2 nitrogen and oxygen atoms in total. The highest BCUT2D eigenvalue weighted by molar-refractivity contribution is 6.25. The summed E-state index contributed by atoms with van der Waals surface area (Å²) in [5, 5.41) is 8.78. The van der Waals surface area contributed by atoms with Gasteiger partial charge in [-0.3, -0.25) is 0 Å². The number of nitrogens with zero attached hydrogens (tertiary/aromatic N) is 1. The summed E-state index contributed by atoms with van der Waals surface area (Å²) in [5.74, 6) is 1.08. The summed E-state index contributed by atoms with van der Waals surface area (Å²) in [5.41, 5.74) is 12.6. The highest BCUT2D eigenvalue weighted by atomic mass is 16.3. The summed E-state index contributed by atoms with van der Waals surface area (Å²) in [6.07, 6.45) is 6.44. The molecule has 0 unspecified atom stereocenters. The number of aryl methyl sites for hydroxylation is 1. The molecular formula is C54H37NO. The van der Waals surface area contributed by atoms with E-state index < -0.39 is 0 Å². The van der Waals surface area contributed by atoms with Gasteiger partial charge >= 0.3 is 0 Å². The summed E-state index contributed by atoms with van der Waals surface area (Å²) in [4.78, 5) is 2.39. The second-order valence-corrected chi connectivity index (χ2v) is 14.8. The highest BCUT2D eigenvalue weighted by Gasteiger charge is 2.20. The van der Waals surface area contributed by atoms with Gasteiger partial charge < -0.3 is 9.32 Å². The number of anilines is 3. The topological polar surface area (TPSA) is 16.4 Å². The van der Waals surface area contributed by atoms with Crippen LogP contribution in [-0.4, -0.2) is 0 Å². The van der Waals surface area contributed by atoms with Gasteiger partial charge in [0.15, 0.2) is 0 Å². The van der Waals surface area contributed by atoms with Crippen molar-refractivity contribution in [1.82, 2.24) is 0 Å². The van der Waals surface area contributed by atoms with Gasteiger partial charge in [0.1, 0.15) is 11.3 Å². The molecule has 0 saturated heterocycles. The smallest absolute Gasteiger partial charge is 0.135 e. The van der Waals surface area contributed by atoms with Gasteiger partial charge in [0.25, 0.3) is 0 Å². The van der Waals surface area contributed by atoms with E-state index in [2.05, 4.69) is 205 Å². The van der Waals surface area contributed by atoms with E-state index in [1.54, 1.807) is 0 Å².